The summed E-state index contributed by atoms with van der Waals surface area (Å²) in [5, 5.41) is 31.4. The molecule has 1 rings (SSSR count). The molecule has 12 nitrogen and oxygen atoms in total. The normalized spacial score (nSPS) is 19.1. The number of aliphatic carboxylic acids is 1. The zero-order valence-corrected chi connectivity index (χ0v) is 44.2. The Balaban J connectivity index is 2.77. The molecule has 6 unspecified atom stereocenters. The van der Waals surface area contributed by atoms with E-state index in [2.05, 4.69) is 106 Å². The molecule has 12 heteroatoms. The zero-order valence-electron chi connectivity index (χ0n) is 44.2. The quantitative estimate of drug-likeness (QED) is 0.0228. The van der Waals surface area contributed by atoms with Crippen LogP contribution in [-0.4, -0.2) is 89.2 Å². The summed E-state index contributed by atoms with van der Waals surface area (Å²) in [5.74, 6) is -3.22. The molecule has 1 saturated heterocycles. The predicted molar refractivity (Wildman–Crippen MR) is 284 cm³/mol. The first kappa shape index (κ1) is 64.9. The van der Waals surface area contributed by atoms with Crippen molar-refractivity contribution in [2.24, 2.45) is 0 Å². The summed E-state index contributed by atoms with van der Waals surface area (Å²) in [4.78, 5) is 50.9. The fraction of sp³-hybridized carbons (Fsp3) is 0.695. The number of hydrogen-bond acceptors (Lipinski definition) is 11. The van der Waals surface area contributed by atoms with Gasteiger partial charge in [0.25, 0.3) is 0 Å². The number of aliphatic hydroxyl groups excluding tert-OH is 2. The number of hydrogen-bond donors (Lipinski definition) is 3. The molecule has 1 aliphatic heterocycles. The second-order valence-corrected chi connectivity index (χ2v) is 18.5. The standard InChI is InChI=1S/C59H96O12/c1-4-7-10-13-16-19-22-24-26-28-31-33-36-39-42-45-51(60)67-48-50(69-52(61)46-43-40-37-35-32-29-27-25-23-20-17-14-11-8-5-2)49-68-59-57(55(64)54(63)56(71-59)58(65)66)70-53(62)47-44-41-38-34-30-21-18-15-12-9-6-3/h7,10,15-20,24-27,31,33,50,54-57,59,63-64H,4-6,8-9,11-14,21-23,28-30,32,34-49H2,1-3H3,(H,65,66)/b10-7-,18-15-,19-16-,20-17-,26-24-,27-25-,33-31-. The van der Waals surface area contributed by atoms with Gasteiger partial charge in [-0.15, -0.1) is 0 Å². The van der Waals surface area contributed by atoms with E-state index < -0.39 is 67.3 Å². The van der Waals surface area contributed by atoms with Gasteiger partial charge in [0.05, 0.1) is 6.61 Å². The number of carboxylic acid groups (broad SMARTS) is 1. The van der Waals surface area contributed by atoms with Gasteiger partial charge in [0.15, 0.2) is 24.6 Å². The molecule has 404 valence electrons. The maximum absolute atomic E-state index is 13.1. The van der Waals surface area contributed by atoms with Crippen LogP contribution in [0, 0.1) is 0 Å². The average molecular weight is 997 g/mol. The van der Waals surface area contributed by atoms with Gasteiger partial charge in [-0.1, -0.05) is 170 Å². The van der Waals surface area contributed by atoms with Gasteiger partial charge in [0, 0.05) is 19.3 Å². The third-order valence-corrected chi connectivity index (χ3v) is 11.9. The van der Waals surface area contributed by atoms with E-state index in [0.717, 1.165) is 122 Å². The van der Waals surface area contributed by atoms with E-state index in [1.807, 2.05) is 0 Å². The van der Waals surface area contributed by atoms with Crippen molar-refractivity contribution in [1.29, 1.82) is 0 Å². The fourth-order valence-electron chi connectivity index (χ4n) is 7.66. The molecule has 0 aliphatic carbocycles. The number of aliphatic hydroxyl groups is 2. The van der Waals surface area contributed by atoms with Crippen molar-refractivity contribution in [3.8, 4) is 0 Å². The monoisotopic (exact) mass is 997 g/mol. The van der Waals surface area contributed by atoms with E-state index in [-0.39, 0.29) is 25.9 Å². The Kier molecular flexibility index (Phi) is 42.9. The molecule has 0 aromatic rings. The van der Waals surface area contributed by atoms with E-state index in [9.17, 15) is 34.5 Å². The first-order chi connectivity index (χ1) is 34.6. The van der Waals surface area contributed by atoms with Gasteiger partial charge in [-0.25, -0.2) is 4.79 Å². The lowest BCUT2D eigenvalue weighted by Crippen LogP contribution is -2.61. The van der Waals surface area contributed by atoms with Crippen LogP contribution in [0.5, 0.6) is 0 Å². The van der Waals surface area contributed by atoms with Crippen molar-refractivity contribution in [2.75, 3.05) is 13.2 Å². The number of unbranched alkanes of at least 4 members (excludes halogenated alkanes) is 17. The number of esters is 3. The maximum Gasteiger partial charge on any atom is 0.335 e. The first-order valence-electron chi connectivity index (χ1n) is 27.6. The van der Waals surface area contributed by atoms with Crippen molar-refractivity contribution >= 4 is 23.9 Å². The summed E-state index contributed by atoms with van der Waals surface area (Å²) in [6, 6.07) is 0. The Hall–Kier alpha value is -4.10. The molecule has 0 aromatic heterocycles. The van der Waals surface area contributed by atoms with E-state index in [1.54, 1.807) is 0 Å². The Labute approximate surface area is 429 Å². The molecule has 1 aliphatic rings. The summed E-state index contributed by atoms with van der Waals surface area (Å²) < 4.78 is 28.3. The van der Waals surface area contributed by atoms with E-state index in [0.29, 0.717) is 19.3 Å². The van der Waals surface area contributed by atoms with Crippen LogP contribution in [0.25, 0.3) is 0 Å². The second-order valence-electron chi connectivity index (χ2n) is 18.5. The van der Waals surface area contributed by atoms with Gasteiger partial charge in [-0.05, 0) is 109 Å². The van der Waals surface area contributed by atoms with Gasteiger partial charge >= 0.3 is 23.9 Å². The van der Waals surface area contributed by atoms with Gasteiger partial charge in [0.1, 0.15) is 18.8 Å². The third-order valence-electron chi connectivity index (χ3n) is 11.9. The third kappa shape index (κ3) is 37.3. The average Bonchev–Trinajstić information content (AvgIpc) is 3.35. The van der Waals surface area contributed by atoms with Crippen LogP contribution < -0.4 is 0 Å². The maximum atomic E-state index is 13.1. The van der Waals surface area contributed by atoms with Crippen LogP contribution in [0.1, 0.15) is 213 Å². The lowest BCUT2D eigenvalue weighted by atomic mass is 9.98. The van der Waals surface area contributed by atoms with Gasteiger partial charge in [0.2, 0.25) is 0 Å². The molecule has 1 heterocycles. The van der Waals surface area contributed by atoms with Gasteiger partial charge in [-0.3, -0.25) is 14.4 Å². The minimum Gasteiger partial charge on any atom is -0.479 e. The highest BCUT2D eigenvalue weighted by molar-refractivity contribution is 5.74. The Bertz CT molecular complexity index is 1560. The molecule has 0 aromatic carbocycles. The highest BCUT2D eigenvalue weighted by Gasteiger charge is 2.50. The lowest BCUT2D eigenvalue weighted by molar-refractivity contribution is -0.301. The largest absolute Gasteiger partial charge is 0.479 e. The van der Waals surface area contributed by atoms with E-state index in [1.165, 1.54) is 32.1 Å². The molecule has 0 radical (unpaired) electrons. The van der Waals surface area contributed by atoms with Crippen molar-refractivity contribution in [3.63, 3.8) is 0 Å². The molecule has 0 saturated carbocycles. The molecule has 3 N–H and O–H groups in total. The predicted octanol–water partition coefficient (Wildman–Crippen LogP) is 13.6. The summed E-state index contributed by atoms with van der Waals surface area (Å²) in [5.41, 5.74) is 0. The molecule has 1 fully saturated rings. The molecule has 6 atom stereocenters. The first-order valence-corrected chi connectivity index (χ1v) is 27.6. The number of rotatable bonds is 45. The second kappa shape index (κ2) is 46.9. The molecule has 0 spiro atoms. The number of carbonyl (C=O) groups excluding carboxylic acids is 3. The molecular weight excluding hydrogens is 901 g/mol. The fourth-order valence-corrected chi connectivity index (χ4v) is 7.66. The molecule has 71 heavy (non-hydrogen) atoms. The summed E-state index contributed by atoms with van der Waals surface area (Å²) in [6.07, 6.45) is 47.1. The summed E-state index contributed by atoms with van der Waals surface area (Å²) in [6.45, 7) is 5.73. The summed E-state index contributed by atoms with van der Waals surface area (Å²) in [7, 11) is 0. The molecule has 0 bridgehead atoms. The highest BCUT2D eigenvalue weighted by Crippen LogP contribution is 2.26. The van der Waals surface area contributed by atoms with Crippen molar-refractivity contribution in [1.82, 2.24) is 0 Å². The minimum absolute atomic E-state index is 0.0408. The molecular formula is C59H96O12. The summed E-state index contributed by atoms with van der Waals surface area (Å²) >= 11 is 0. The lowest BCUT2D eigenvalue weighted by Gasteiger charge is -2.40. The van der Waals surface area contributed by atoms with Crippen LogP contribution >= 0.6 is 0 Å². The van der Waals surface area contributed by atoms with Gasteiger partial charge < -0.3 is 39.0 Å². The van der Waals surface area contributed by atoms with Crippen LogP contribution in [-0.2, 0) is 42.9 Å². The number of carboxylic acids is 1. The highest BCUT2D eigenvalue weighted by atomic mass is 16.7. The van der Waals surface area contributed by atoms with Crippen LogP contribution in [0.15, 0.2) is 85.1 Å². The van der Waals surface area contributed by atoms with Crippen LogP contribution in [0.3, 0.4) is 0 Å². The van der Waals surface area contributed by atoms with E-state index in [4.69, 9.17) is 23.7 Å². The SMILES string of the molecule is CC/C=C\C/C=C\C/C=C\C/C=C\CCCCC(=O)OCC(COC1OC(C(=O)O)C(O)C(O)C1OC(=O)CCCCCCC/C=C\CCCC)OC(=O)CCCCCCC/C=C\C/C=C\CCCCC. The number of ether oxygens (including phenoxy) is 5. The Morgan fingerprint density at radius 2 is 0.901 bits per heavy atom. The minimum atomic E-state index is -1.91. The van der Waals surface area contributed by atoms with Crippen molar-refractivity contribution in [2.45, 2.75) is 250 Å². The number of carbonyl (C=O) groups is 4. The topological polar surface area (TPSA) is 175 Å². The smallest absolute Gasteiger partial charge is 0.335 e. The Morgan fingerprint density at radius 1 is 0.479 bits per heavy atom. The van der Waals surface area contributed by atoms with Crippen molar-refractivity contribution in [3.05, 3.63) is 85.1 Å². The van der Waals surface area contributed by atoms with Crippen LogP contribution in [0.2, 0.25) is 0 Å². The zero-order chi connectivity index (χ0) is 51.8. The number of allylic oxidation sites excluding steroid dienone is 14. The molecule has 0 amide bonds. The Morgan fingerprint density at radius 3 is 1.44 bits per heavy atom. The van der Waals surface area contributed by atoms with E-state index >= 15 is 0 Å². The van der Waals surface area contributed by atoms with Gasteiger partial charge in [-0.2, -0.15) is 0 Å². The van der Waals surface area contributed by atoms with Crippen LogP contribution in [0.4, 0.5) is 0 Å². The van der Waals surface area contributed by atoms with Crippen molar-refractivity contribution < 1.29 is 58.2 Å².